The first kappa shape index (κ1) is 12.7. The number of hydrogen-bond donors (Lipinski definition) is 0. The Labute approximate surface area is 110 Å². The second kappa shape index (κ2) is 6.22. The first-order valence-electron chi connectivity index (χ1n) is 5.66. The van der Waals surface area contributed by atoms with Crippen LogP contribution in [-0.2, 0) is 4.79 Å². The van der Waals surface area contributed by atoms with Crippen molar-refractivity contribution in [3.8, 4) is 17.6 Å². The molecule has 0 saturated carbocycles. The van der Waals surface area contributed by atoms with Gasteiger partial charge in [-0.15, -0.1) is 0 Å². The number of nitriles is 1. The molecule has 2 aromatic rings. The zero-order valence-electron chi connectivity index (χ0n) is 10.1. The van der Waals surface area contributed by atoms with Crippen molar-refractivity contribution < 1.29 is 14.3 Å². The molecule has 0 fully saturated rings. The zero-order chi connectivity index (χ0) is 13.5. The van der Waals surface area contributed by atoms with E-state index in [2.05, 4.69) is 0 Å². The van der Waals surface area contributed by atoms with Crippen LogP contribution in [0.25, 0.3) is 0 Å². The van der Waals surface area contributed by atoms with Gasteiger partial charge in [-0.3, -0.25) is 0 Å². The zero-order valence-corrected chi connectivity index (χ0v) is 10.1. The first-order valence-corrected chi connectivity index (χ1v) is 5.66. The molecule has 2 aromatic carbocycles. The van der Waals surface area contributed by atoms with Gasteiger partial charge in [-0.05, 0) is 36.4 Å². The van der Waals surface area contributed by atoms with Crippen molar-refractivity contribution in [3.63, 3.8) is 0 Å². The van der Waals surface area contributed by atoms with Crippen LogP contribution in [0.5, 0.6) is 11.5 Å². The molecule has 0 saturated heterocycles. The van der Waals surface area contributed by atoms with Gasteiger partial charge in [-0.2, -0.15) is 5.26 Å². The first-order chi connectivity index (χ1) is 9.28. The minimum absolute atomic E-state index is 0.163. The average Bonchev–Trinajstić information content (AvgIpc) is 2.47. The van der Waals surface area contributed by atoms with Gasteiger partial charge in [-0.25, -0.2) is 4.79 Å². The molecular weight excluding hydrogens is 242 g/mol. The van der Waals surface area contributed by atoms with Crippen LogP contribution in [0.1, 0.15) is 5.56 Å². The van der Waals surface area contributed by atoms with Gasteiger partial charge in [0.25, 0.3) is 0 Å². The van der Waals surface area contributed by atoms with Gasteiger partial charge in [0, 0.05) is 0 Å². The van der Waals surface area contributed by atoms with Crippen LogP contribution in [0, 0.1) is 11.3 Å². The maximum absolute atomic E-state index is 11.5. The Kier molecular flexibility index (Phi) is 4.14. The number of rotatable bonds is 4. The molecule has 0 atom stereocenters. The maximum Gasteiger partial charge on any atom is 0.349 e. The summed E-state index contributed by atoms with van der Waals surface area (Å²) in [7, 11) is 0. The lowest BCUT2D eigenvalue weighted by Crippen LogP contribution is -2.17. The molecule has 0 unspecified atom stereocenters. The van der Waals surface area contributed by atoms with Gasteiger partial charge >= 0.3 is 5.97 Å². The monoisotopic (exact) mass is 253 g/mol. The molecule has 0 aliphatic carbocycles. The predicted octanol–water partition coefficient (Wildman–Crippen LogP) is 2.54. The summed E-state index contributed by atoms with van der Waals surface area (Å²) in [5, 5.41) is 8.64. The molecule has 0 radical (unpaired) electrons. The standard InChI is InChI=1S/C15H11NO3/c16-10-12-6-8-14(9-7-12)19-15(17)11-18-13-4-2-1-3-5-13/h1-9H,11H2. The molecule has 0 bridgehead atoms. The summed E-state index contributed by atoms with van der Waals surface area (Å²) < 4.78 is 10.3. The van der Waals surface area contributed by atoms with E-state index in [-0.39, 0.29) is 6.61 Å². The van der Waals surface area contributed by atoms with Gasteiger partial charge in [0.1, 0.15) is 11.5 Å². The smallest absolute Gasteiger partial charge is 0.349 e. The fourth-order valence-corrected chi connectivity index (χ4v) is 1.42. The second-order valence-corrected chi connectivity index (χ2v) is 3.71. The predicted molar refractivity (Wildman–Crippen MR) is 68.7 cm³/mol. The number of nitrogens with zero attached hydrogens (tertiary/aromatic N) is 1. The summed E-state index contributed by atoms with van der Waals surface area (Å²) in [5.41, 5.74) is 0.514. The van der Waals surface area contributed by atoms with Gasteiger partial charge in [-0.1, -0.05) is 18.2 Å². The van der Waals surface area contributed by atoms with Crippen LogP contribution in [0.15, 0.2) is 54.6 Å². The normalized spacial score (nSPS) is 9.42. The molecule has 0 aromatic heterocycles. The van der Waals surface area contributed by atoms with Crippen LogP contribution >= 0.6 is 0 Å². The number of ether oxygens (including phenoxy) is 2. The third-order valence-corrected chi connectivity index (χ3v) is 2.31. The third-order valence-electron chi connectivity index (χ3n) is 2.31. The Balaban J connectivity index is 1.86. The van der Waals surface area contributed by atoms with Gasteiger partial charge < -0.3 is 9.47 Å². The number of carbonyl (C=O) groups excluding carboxylic acids is 1. The SMILES string of the molecule is N#Cc1ccc(OC(=O)COc2ccccc2)cc1. The highest BCUT2D eigenvalue weighted by Gasteiger charge is 2.06. The molecule has 94 valence electrons. The fraction of sp³-hybridized carbons (Fsp3) is 0.0667. The highest BCUT2D eigenvalue weighted by molar-refractivity contribution is 5.74. The highest BCUT2D eigenvalue weighted by Crippen LogP contribution is 2.12. The lowest BCUT2D eigenvalue weighted by Gasteiger charge is -2.06. The Bertz CT molecular complexity index is 585. The van der Waals surface area contributed by atoms with Crippen molar-refractivity contribution >= 4 is 5.97 Å². The molecule has 0 spiro atoms. The van der Waals surface area contributed by atoms with Crippen LogP contribution in [0.2, 0.25) is 0 Å². The van der Waals surface area contributed by atoms with Crippen LogP contribution in [0.4, 0.5) is 0 Å². The van der Waals surface area contributed by atoms with Crippen molar-refractivity contribution in [1.82, 2.24) is 0 Å². The summed E-state index contributed by atoms with van der Waals surface area (Å²) >= 11 is 0. The molecule has 0 aliphatic heterocycles. The largest absolute Gasteiger partial charge is 0.482 e. The Morgan fingerprint density at radius 3 is 2.32 bits per heavy atom. The number of carbonyl (C=O) groups is 1. The molecule has 4 nitrogen and oxygen atoms in total. The van der Waals surface area contributed by atoms with E-state index in [9.17, 15) is 4.79 Å². The van der Waals surface area contributed by atoms with Gasteiger partial charge in [0.2, 0.25) is 0 Å². The molecular formula is C15H11NO3. The van der Waals surface area contributed by atoms with Crippen molar-refractivity contribution in [1.29, 1.82) is 5.26 Å². The van der Waals surface area contributed by atoms with Gasteiger partial charge in [0.05, 0.1) is 11.6 Å². The summed E-state index contributed by atoms with van der Waals surface area (Å²) in [6, 6.07) is 17.3. The third kappa shape index (κ3) is 3.86. The van der Waals surface area contributed by atoms with Crippen molar-refractivity contribution in [3.05, 3.63) is 60.2 Å². The van der Waals surface area contributed by atoms with Crippen LogP contribution in [-0.4, -0.2) is 12.6 Å². The Morgan fingerprint density at radius 1 is 1.00 bits per heavy atom. The quantitative estimate of drug-likeness (QED) is 0.620. The van der Waals surface area contributed by atoms with E-state index in [4.69, 9.17) is 14.7 Å². The molecule has 4 heteroatoms. The highest BCUT2D eigenvalue weighted by atomic mass is 16.6. The molecule has 19 heavy (non-hydrogen) atoms. The number of esters is 1. The van der Waals surface area contributed by atoms with Crippen LogP contribution < -0.4 is 9.47 Å². The van der Waals surface area contributed by atoms with E-state index in [1.165, 1.54) is 0 Å². The molecule has 0 aliphatic rings. The van der Waals surface area contributed by atoms with E-state index < -0.39 is 5.97 Å². The lowest BCUT2D eigenvalue weighted by molar-refractivity contribution is -0.136. The maximum atomic E-state index is 11.5. The van der Waals surface area contributed by atoms with Gasteiger partial charge in [0.15, 0.2) is 6.61 Å². The minimum atomic E-state index is -0.492. The van der Waals surface area contributed by atoms with E-state index in [1.807, 2.05) is 24.3 Å². The Morgan fingerprint density at radius 2 is 1.68 bits per heavy atom. The summed E-state index contributed by atoms with van der Waals surface area (Å²) in [4.78, 5) is 11.5. The van der Waals surface area contributed by atoms with Crippen LogP contribution in [0.3, 0.4) is 0 Å². The van der Waals surface area contributed by atoms with E-state index in [0.29, 0.717) is 17.1 Å². The van der Waals surface area contributed by atoms with E-state index in [0.717, 1.165) is 0 Å². The number of para-hydroxylation sites is 1. The second-order valence-electron chi connectivity index (χ2n) is 3.71. The summed E-state index contributed by atoms with van der Waals surface area (Å²) in [6.45, 7) is -0.163. The van der Waals surface area contributed by atoms with E-state index in [1.54, 1.807) is 36.4 Å². The van der Waals surface area contributed by atoms with E-state index >= 15 is 0 Å². The topological polar surface area (TPSA) is 59.3 Å². The minimum Gasteiger partial charge on any atom is -0.482 e. The lowest BCUT2D eigenvalue weighted by atomic mass is 10.2. The Hall–Kier alpha value is -2.80. The molecule has 2 rings (SSSR count). The molecule has 0 N–H and O–H groups in total. The number of hydrogen-bond acceptors (Lipinski definition) is 4. The van der Waals surface area contributed by atoms with Crippen molar-refractivity contribution in [2.75, 3.05) is 6.61 Å². The average molecular weight is 253 g/mol. The fourth-order valence-electron chi connectivity index (χ4n) is 1.42. The molecule has 0 amide bonds. The molecule has 0 heterocycles. The van der Waals surface area contributed by atoms with Crippen molar-refractivity contribution in [2.24, 2.45) is 0 Å². The number of benzene rings is 2. The summed E-state index contributed by atoms with van der Waals surface area (Å²) in [6.07, 6.45) is 0. The summed E-state index contributed by atoms with van der Waals surface area (Å²) in [5.74, 6) is 0.508. The van der Waals surface area contributed by atoms with Crippen molar-refractivity contribution in [2.45, 2.75) is 0 Å².